The van der Waals surface area contributed by atoms with Crippen LogP contribution in [-0.4, -0.2) is 42.4 Å². The molecule has 1 unspecified atom stereocenters. The van der Waals surface area contributed by atoms with Crippen molar-refractivity contribution in [2.24, 2.45) is 5.14 Å². The lowest BCUT2D eigenvalue weighted by Crippen LogP contribution is -2.27. The molecule has 0 radical (unpaired) electrons. The number of ether oxygens (including phenoxy) is 1. The van der Waals surface area contributed by atoms with Gasteiger partial charge >= 0.3 is 5.82 Å². The molecule has 0 fully saturated rings. The Labute approximate surface area is 116 Å². The number of aryl methyl sites for hydroxylation is 1. The smallest absolute Gasteiger partial charge is 0.343 e. The van der Waals surface area contributed by atoms with E-state index in [0.717, 1.165) is 6.20 Å². The summed E-state index contributed by atoms with van der Waals surface area (Å²) < 4.78 is 28.8. The van der Waals surface area contributed by atoms with Crippen LogP contribution in [-0.2, 0) is 14.8 Å². The number of hydrogen-bond donors (Lipinski definition) is 1. The number of primary sulfonamides is 1. The van der Waals surface area contributed by atoms with Crippen molar-refractivity contribution < 1.29 is 18.1 Å². The van der Waals surface area contributed by atoms with E-state index < -0.39 is 21.0 Å². The Morgan fingerprint density at radius 3 is 2.75 bits per heavy atom. The molecule has 0 amide bonds. The molecule has 0 aliphatic carbocycles. The zero-order chi connectivity index (χ0) is 15.3. The first-order valence-electron chi connectivity index (χ1n) is 5.94. The van der Waals surface area contributed by atoms with Crippen molar-refractivity contribution in [2.75, 3.05) is 19.5 Å². The zero-order valence-corrected chi connectivity index (χ0v) is 12.2. The molecule has 9 nitrogen and oxygen atoms in total. The van der Waals surface area contributed by atoms with Crippen LogP contribution in [0.25, 0.3) is 0 Å². The Hall–Kier alpha value is -1.52. The van der Waals surface area contributed by atoms with E-state index in [-0.39, 0.29) is 11.6 Å². The summed E-state index contributed by atoms with van der Waals surface area (Å²) in [5.74, 6) is -0.245. The number of sulfonamides is 1. The number of imidazole rings is 1. The van der Waals surface area contributed by atoms with Gasteiger partial charge in [0.05, 0.1) is 0 Å². The molecule has 1 atom stereocenters. The SMILES string of the molecule is COCCCC(CS(N)(=O)=O)n1c([N+](=O)[O-])cnc1C. The van der Waals surface area contributed by atoms with Gasteiger partial charge in [0.1, 0.15) is 18.0 Å². The summed E-state index contributed by atoms with van der Waals surface area (Å²) in [5.41, 5.74) is 0. The minimum atomic E-state index is -3.76. The lowest BCUT2D eigenvalue weighted by atomic mass is 10.2. The van der Waals surface area contributed by atoms with Gasteiger partial charge in [-0.15, -0.1) is 0 Å². The van der Waals surface area contributed by atoms with Crippen molar-refractivity contribution in [2.45, 2.75) is 25.8 Å². The average molecular weight is 306 g/mol. The molecule has 0 aliphatic rings. The molecule has 1 aromatic rings. The minimum Gasteiger partial charge on any atom is -0.385 e. The Bertz CT molecular complexity index is 568. The molecule has 0 spiro atoms. The summed E-state index contributed by atoms with van der Waals surface area (Å²) in [7, 11) is -2.23. The molecule has 1 rings (SSSR count). The van der Waals surface area contributed by atoms with Gasteiger partial charge in [-0.25, -0.2) is 23.1 Å². The van der Waals surface area contributed by atoms with Gasteiger partial charge in [-0.05, 0) is 17.8 Å². The summed E-state index contributed by atoms with van der Waals surface area (Å²) >= 11 is 0. The van der Waals surface area contributed by atoms with Gasteiger partial charge in [-0.3, -0.25) is 0 Å². The molecule has 1 aromatic heterocycles. The quantitative estimate of drug-likeness (QED) is 0.419. The van der Waals surface area contributed by atoms with Crippen LogP contribution in [0.5, 0.6) is 0 Å². The second-order valence-electron chi connectivity index (χ2n) is 4.41. The standard InChI is InChI=1S/C10H18N4O5S/c1-8-12-6-10(14(15)16)13(8)9(4-3-5-19-2)7-20(11,17)18/h6,9H,3-5,7H2,1-2H3,(H2,11,17,18). The number of nitrogens with zero attached hydrogens (tertiary/aromatic N) is 3. The lowest BCUT2D eigenvalue weighted by Gasteiger charge is -2.15. The summed E-state index contributed by atoms with van der Waals surface area (Å²) in [6.45, 7) is 2.02. The Morgan fingerprint density at radius 1 is 1.60 bits per heavy atom. The highest BCUT2D eigenvalue weighted by Crippen LogP contribution is 2.25. The van der Waals surface area contributed by atoms with E-state index in [4.69, 9.17) is 9.88 Å². The summed E-state index contributed by atoms with van der Waals surface area (Å²) in [5, 5.41) is 16.0. The fraction of sp³-hybridized carbons (Fsp3) is 0.700. The Balaban J connectivity index is 3.09. The van der Waals surface area contributed by atoms with Gasteiger partial charge in [-0.1, -0.05) is 0 Å². The van der Waals surface area contributed by atoms with E-state index in [1.165, 1.54) is 11.7 Å². The Morgan fingerprint density at radius 2 is 2.25 bits per heavy atom. The van der Waals surface area contributed by atoms with Crippen LogP contribution in [0.1, 0.15) is 24.7 Å². The third kappa shape index (κ3) is 4.54. The van der Waals surface area contributed by atoms with Crippen molar-refractivity contribution in [1.82, 2.24) is 9.55 Å². The fourth-order valence-electron chi connectivity index (χ4n) is 2.05. The number of aromatic nitrogens is 2. The predicted octanol–water partition coefficient (Wildman–Crippen LogP) is 0.356. The van der Waals surface area contributed by atoms with Gasteiger partial charge in [0.15, 0.2) is 5.82 Å². The molecule has 0 bridgehead atoms. The number of nitro groups is 1. The normalized spacial score (nSPS) is 13.3. The van der Waals surface area contributed by atoms with Crippen LogP contribution in [0.2, 0.25) is 0 Å². The third-order valence-corrected chi connectivity index (χ3v) is 3.67. The highest BCUT2D eigenvalue weighted by molar-refractivity contribution is 7.89. The molecule has 0 saturated carbocycles. The molecular weight excluding hydrogens is 288 g/mol. The highest BCUT2D eigenvalue weighted by Gasteiger charge is 2.29. The van der Waals surface area contributed by atoms with E-state index in [1.807, 2.05) is 0 Å². The van der Waals surface area contributed by atoms with Crippen LogP contribution in [0, 0.1) is 17.0 Å². The number of hydrogen-bond acceptors (Lipinski definition) is 6. The third-order valence-electron chi connectivity index (χ3n) is 2.83. The van der Waals surface area contributed by atoms with E-state index in [2.05, 4.69) is 4.98 Å². The zero-order valence-electron chi connectivity index (χ0n) is 11.4. The summed E-state index contributed by atoms with van der Waals surface area (Å²) in [6.07, 6.45) is 2.07. The molecule has 20 heavy (non-hydrogen) atoms. The van der Waals surface area contributed by atoms with Crippen LogP contribution >= 0.6 is 0 Å². The number of rotatable bonds is 8. The minimum absolute atomic E-state index is 0.242. The maximum atomic E-state index is 11.3. The number of methoxy groups -OCH3 is 1. The van der Waals surface area contributed by atoms with Crippen molar-refractivity contribution in [1.29, 1.82) is 0 Å². The van der Waals surface area contributed by atoms with E-state index >= 15 is 0 Å². The van der Waals surface area contributed by atoms with E-state index in [1.54, 1.807) is 6.92 Å². The van der Waals surface area contributed by atoms with Crippen molar-refractivity contribution in [3.8, 4) is 0 Å². The van der Waals surface area contributed by atoms with Crippen LogP contribution < -0.4 is 5.14 Å². The molecular formula is C10H18N4O5S. The molecule has 10 heteroatoms. The first-order chi connectivity index (χ1) is 9.26. The second kappa shape index (κ2) is 6.77. The number of nitrogens with two attached hydrogens (primary N) is 1. The van der Waals surface area contributed by atoms with Gasteiger partial charge in [0.25, 0.3) is 0 Å². The van der Waals surface area contributed by atoms with Crippen LogP contribution in [0.15, 0.2) is 6.20 Å². The fourth-order valence-corrected chi connectivity index (χ4v) is 2.90. The molecule has 1 heterocycles. The highest BCUT2D eigenvalue weighted by atomic mass is 32.2. The van der Waals surface area contributed by atoms with Crippen LogP contribution in [0.4, 0.5) is 5.82 Å². The van der Waals surface area contributed by atoms with Crippen molar-refractivity contribution >= 4 is 15.8 Å². The predicted molar refractivity (Wildman–Crippen MR) is 71.7 cm³/mol. The maximum absolute atomic E-state index is 11.3. The van der Waals surface area contributed by atoms with Gasteiger partial charge in [0, 0.05) is 20.6 Å². The molecule has 2 N–H and O–H groups in total. The first kappa shape index (κ1) is 16.5. The summed E-state index contributed by atoms with van der Waals surface area (Å²) in [4.78, 5) is 14.3. The maximum Gasteiger partial charge on any atom is 0.343 e. The van der Waals surface area contributed by atoms with Gasteiger partial charge in [-0.2, -0.15) is 0 Å². The molecule has 0 saturated heterocycles. The van der Waals surface area contributed by atoms with E-state index in [9.17, 15) is 18.5 Å². The Kier molecular flexibility index (Phi) is 5.60. The molecule has 0 aliphatic heterocycles. The lowest BCUT2D eigenvalue weighted by molar-refractivity contribution is -0.392. The van der Waals surface area contributed by atoms with Crippen LogP contribution in [0.3, 0.4) is 0 Å². The second-order valence-corrected chi connectivity index (χ2v) is 6.07. The molecule has 0 aromatic carbocycles. The van der Waals surface area contributed by atoms with Crippen molar-refractivity contribution in [3.63, 3.8) is 0 Å². The first-order valence-corrected chi connectivity index (χ1v) is 7.65. The van der Waals surface area contributed by atoms with E-state index in [0.29, 0.717) is 25.3 Å². The molecule has 114 valence electrons. The summed E-state index contributed by atoms with van der Waals surface area (Å²) in [6, 6.07) is -0.636. The monoisotopic (exact) mass is 306 g/mol. The van der Waals surface area contributed by atoms with Gasteiger partial charge in [0.2, 0.25) is 10.0 Å². The van der Waals surface area contributed by atoms with Gasteiger partial charge < -0.3 is 14.9 Å². The van der Waals surface area contributed by atoms with Crippen molar-refractivity contribution in [3.05, 3.63) is 22.1 Å². The largest absolute Gasteiger partial charge is 0.385 e. The topological polar surface area (TPSA) is 130 Å². The average Bonchev–Trinajstić information content (AvgIpc) is 2.68.